The monoisotopic (exact) mass is 318 g/mol. The van der Waals surface area contributed by atoms with E-state index in [2.05, 4.69) is 0 Å². The van der Waals surface area contributed by atoms with E-state index < -0.39 is 23.3 Å². The largest absolute Gasteiger partial charge is 0.462 e. The van der Waals surface area contributed by atoms with Gasteiger partial charge in [0.15, 0.2) is 0 Å². The van der Waals surface area contributed by atoms with Crippen molar-refractivity contribution in [3.63, 3.8) is 0 Å². The predicted octanol–water partition coefficient (Wildman–Crippen LogP) is 5.19. The SMILES string of the molecule is CCOC(=O)c1ccc2cc3ccccc3cc2c1C(F)(F)F. The fraction of sp³-hybridized carbons (Fsp3) is 0.167. The second-order valence-electron chi connectivity index (χ2n) is 5.13. The molecule has 0 bridgehead atoms. The second-order valence-corrected chi connectivity index (χ2v) is 5.13. The Morgan fingerprint density at radius 1 is 1.00 bits per heavy atom. The molecule has 3 rings (SSSR count). The highest BCUT2D eigenvalue weighted by Crippen LogP contribution is 2.39. The molecule has 0 fully saturated rings. The van der Waals surface area contributed by atoms with Crippen LogP contribution >= 0.6 is 0 Å². The Labute approximate surface area is 130 Å². The number of esters is 1. The summed E-state index contributed by atoms with van der Waals surface area (Å²) in [7, 11) is 0. The highest BCUT2D eigenvalue weighted by molar-refractivity contribution is 6.04. The van der Waals surface area contributed by atoms with Crippen LogP contribution in [-0.4, -0.2) is 12.6 Å². The van der Waals surface area contributed by atoms with E-state index in [1.807, 2.05) is 12.1 Å². The molecule has 0 aliphatic rings. The first-order chi connectivity index (χ1) is 10.9. The Balaban J connectivity index is 2.38. The van der Waals surface area contributed by atoms with Gasteiger partial charge in [0.1, 0.15) is 0 Å². The van der Waals surface area contributed by atoms with Gasteiger partial charge in [0.2, 0.25) is 0 Å². The van der Waals surface area contributed by atoms with Crippen molar-refractivity contribution in [1.82, 2.24) is 0 Å². The molecule has 3 aromatic rings. The van der Waals surface area contributed by atoms with E-state index in [0.717, 1.165) is 5.39 Å². The van der Waals surface area contributed by atoms with E-state index in [0.29, 0.717) is 10.8 Å². The molecular formula is C18H13F3O2. The van der Waals surface area contributed by atoms with Gasteiger partial charge >= 0.3 is 12.1 Å². The lowest BCUT2D eigenvalue weighted by Crippen LogP contribution is -2.15. The van der Waals surface area contributed by atoms with Crippen LogP contribution in [0.5, 0.6) is 0 Å². The minimum atomic E-state index is -4.65. The third kappa shape index (κ3) is 2.74. The highest BCUT2D eigenvalue weighted by atomic mass is 19.4. The molecule has 23 heavy (non-hydrogen) atoms. The molecule has 5 heteroatoms. The van der Waals surface area contributed by atoms with Gasteiger partial charge in [-0.1, -0.05) is 30.3 Å². The smallest absolute Gasteiger partial charge is 0.417 e. The Morgan fingerprint density at radius 2 is 1.65 bits per heavy atom. The van der Waals surface area contributed by atoms with Gasteiger partial charge in [-0.25, -0.2) is 4.79 Å². The Hall–Kier alpha value is -2.56. The van der Waals surface area contributed by atoms with E-state index >= 15 is 0 Å². The number of alkyl halides is 3. The Morgan fingerprint density at radius 3 is 2.26 bits per heavy atom. The third-order valence-electron chi connectivity index (χ3n) is 3.66. The average Bonchev–Trinajstić information content (AvgIpc) is 2.51. The van der Waals surface area contributed by atoms with Crippen LogP contribution in [0.2, 0.25) is 0 Å². The molecule has 0 aliphatic carbocycles. The van der Waals surface area contributed by atoms with Crippen molar-refractivity contribution < 1.29 is 22.7 Å². The molecule has 0 N–H and O–H groups in total. The predicted molar refractivity (Wildman–Crippen MR) is 82.4 cm³/mol. The number of benzene rings is 3. The summed E-state index contributed by atoms with van der Waals surface area (Å²) in [5, 5.41) is 1.97. The molecule has 0 aliphatic heterocycles. The first-order valence-corrected chi connectivity index (χ1v) is 7.11. The van der Waals surface area contributed by atoms with Crippen molar-refractivity contribution in [2.24, 2.45) is 0 Å². The van der Waals surface area contributed by atoms with Crippen molar-refractivity contribution in [2.45, 2.75) is 13.1 Å². The maximum Gasteiger partial charge on any atom is 0.417 e. The van der Waals surface area contributed by atoms with Crippen molar-refractivity contribution in [3.8, 4) is 0 Å². The molecule has 0 saturated carbocycles. The average molecular weight is 318 g/mol. The van der Waals surface area contributed by atoms with Gasteiger partial charge in [0.05, 0.1) is 17.7 Å². The van der Waals surface area contributed by atoms with Crippen molar-refractivity contribution >= 4 is 27.5 Å². The molecule has 0 heterocycles. The first-order valence-electron chi connectivity index (χ1n) is 7.11. The summed E-state index contributed by atoms with van der Waals surface area (Å²) in [5.41, 5.74) is -1.40. The summed E-state index contributed by atoms with van der Waals surface area (Å²) >= 11 is 0. The topological polar surface area (TPSA) is 26.3 Å². The van der Waals surface area contributed by atoms with E-state index in [-0.39, 0.29) is 12.0 Å². The highest BCUT2D eigenvalue weighted by Gasteiger charge is 2.37. The fourth-order valence-electron chi connectivity index (χ4n) is 2.70. The summed E-state index contributed by atoms with van der Waals surface area (Å²) in [6.45, 7) is 1.58. The maximum atomic E-state index is 13.6. The molecule has 0 saturated heterocycles. The first kappa shape index (κ1) is 15.3. The number of ether oxygens (including phenoxy) is 1. The van der Waals surface area contributed by atoms with Crippen LogP contribution in [0, 0.1) is 0 Å². The van der Waals surface area contributed by atoms with E-state index in [1.54, 1.807) is 25.1 Å². The van der Waals surface area contributed by atoms with Gasteiger partial charge in [-0.15, -0.1) is 0 Å². The summed E-state index contributed by atoms with van der Waals surface area (Å²) in [4.78, 5) is 11.9. The number of rotatable bonds is 2. The van der Waals surface area contributed by atoms with Crippen LogP contribution in [0.25, 0.3) is 21.5 Å². The zero-order valence-electron chi connectivity index (χ0n) is 12.3. The molecule has 0 spiro atoms. The number of carbonyl (C=O) groups is 1. The molecule has 2 nitrogen and oxygen atoms in total. The Bertz CT molecular complexity index is 898. The number of hydrogen-bond donors (Lipinski definition) is 0. The minimum Gasteiger partial charge on any atom is -0.462 e. The molecule has 0 amide bonds. The van der Waals surface area contributed by atoms with Crippen LogP contribution in [0.4, 0.5) is 13.2 Å². The van der Waals surface area contributed by atoms with Crippen molar-refractivity contribution in [3.05, 3.63) is 59.7 Å². The number of halogens is 3. The second kappa shape index (κ2) is 5.57. The van der Waals surface area contributed by atoms with Gasteiger partial charge in [-0.05, 0) is 46.7 Å². The molecule has 118 valence electrons. The van der Waals surface area contributed by atoms with Crippen LogP contribution in [0.15, 0.2) is 48.5 Å². The van der Waals surface area contributed by atoms with E-state index in [4.69, 9.17) is 4.74 Å². The van der Waals surface area contributed by atoms with Gasteiger partial charge in [-0.2, -0.15) is 13.2 Å². The summed E-state index contributed by atoms with van der Waals surface area (Å²) in [5.74, 6) is -0.963. The van der Waals surface area contributed by atoms with Gasteiger partial charge < -0.3 is 4.74 Å². The van der Waals surface area contributed by atoms with Crippen LogP contribution in [-0.2, 0) is 10.9 Å². The molecular weight excluding hydrogens is 305 g/mol. The third-order valence-corrected chi connectivity index (χ3v) is 3.66. The van der Waals surface area contributed by atoms with Crippen LogP contribution in [0.1, 0.15) is 22.8 Å². The zero-order valence-corrected chi connectivity index (χ0v) is 12.3. The summed E-state index contributed by atoms with van der Waals surface area (Å²) in [6, 6.07) is 13.0. The van der Waals surface area contributed by atoms with Crippen molar-refractivity contribution in [2.75, 3.05) is 6.61 Å². The van der Waals surface area contributed by atoms with E-state index in [1.165, 1.54) is 18.2 Å². The normalized spacial score (nSPS) is 11.8. The summed E-state index contributed by atoms with van der Waals surface area (Å²) in [6.07, 6.45) is -4.65. The number of hydrogen-bond acceptors (Lipinski definition) is 2. The van der Waals surface area contributed by atoms with Crippen molar-refractivity contribution in [1.29, 1.82) is 0 Å². The molecule has 0 unspecified atom stereocenters. The zero-order chi connectivity index (χ0) is 16.6. The molecule has 0 aromatic heterocycles. The standard InChI is InChI=1S/C18H13F3O2/c1-2-23-17(22)14-8-7-13-9-11-5-3-4-6-12(11)10-15(13)16(14)18(19,20)21/h3-10H,2H2,1H3. The van der Waals surface area contributed by atoms with E-state index in [9.17, 15) is 18.0 Å². The van der Waals surface area contributed by atoms with Crippen LogP contribution in [0.3, 0.4) is 0 Å². The van der Waals surface area contributed by atoms with Crippen LogP contribution < -0.4 is 0 Å². The fourth-order valence-corrected chi connectivity index (χ4v) is 2.70. The molecule has 3 aromatic carbocycles. The number of carbonyl (C=O) groups excluding carboxylic acids is 1. The molecule has 0 atom stereocenters. The lowest BCUT2D eigenvalue weighted by Gasteiger charge is -2.15. The lowest BCUT2D eigenvalue weighted by atomic mass is 9.95. The molecule has 0 radical (unpaired) electrons. The van der Waals surface area contributed by atoms with Gasteiger partial charge in [0, 0.05) is 0 Å². The quantitative estimate of drug-likeness (QED) is 0.480. The minimum absolute atomic E-state index is 0.00162. The van der Waals surface area contributed by atoms with Gasteiger partial charge in [-0.3, -0.25) is 0 Å². The lowest BCUT2D eigenvalue weighted by molar-refractivity contribution is -0.136. The summed E-state index contributed by atoms with van der Waals surface area (Å²) < 4.78 is 45.5. The Kier molecular flexibility index (Phi) is 3.72. The number of fused-ring (bicyclic) bond motifs is 2. The maximum absolute atomic E-state index is 13.6. The van der Waals surface area contributed by atoms with Gasteiger partial charge in [0.25, 0.3) is 0 Å².